The molecule has 2 aromatic carbocycles. The second kappa shape index (κ2) is 8.40. The van der Waals surface area contributed by atoms with Gasteiger partial charge in [0.15, 0.2) is 11.5 Å². The Morgan fingerprint density at radius 3 is 2.94 bits per heavy atom. The van der Waals surface area contributed by atoms with Crippen LogP contribution in [-0.4, -0.2) is 36.1 Å². The van der Waals surface area contributed by atoms with Gasteiger partial charge in [0.1, 0.15) is 6.61 Å². The number of carbonyl (C=O) groups excluding carboxylic acids is 1. The molecule has 156 valence electrons. The standard InChI is InChI=1S/C25H22N2O3S/c1-29-23-13-19(20-11-18-4-2-3-5-22(18)26-14-20)12-21-15-27(7-8-30-25(21)23)24(28)10-17-6-9-31-16-17/h2-6,9,11-14,16H,7-8,10,15H2,1H3. The second-order valence-electron chi connectivity index (χ2n) is 7.56. The zero-order chi connectivity index (χ0) is 21.2. The molecule has 0 saturated heterocycles. The zero-order valence-corrected chi connectivity index (χ0v) is 18.0. The van der Waals surface area contributed by atoms with Gasteiger partial charge in [0.05, 0.1) is 25.6 Å². The van der Waals surface area contributed by atoms with Gasteiger partial charge in [-0.05, 0) is 52.2 Å². The van der Waals surface area contributed by atoms with E-state index < -0.39 is 0 Å². The quantitative estimate of drug-likeness (QED) is 0.460. The van der Waals surface area contributed by atoms with E-state index >= 15 is 0 Å². The summed E-state index contributed by atoms with van der Waals surface area (Å²) in [6, 6.07) is 16.2. The summed E-state index contributed by atoms with van der Waals surface area (Å²) in [7, 11) is 1.64. The highest BCUT2D eigenvalue weighted by atomic mass is 32.1. The first kappa shape index (κ1) is 19.6. The Kier molecular flexibility index (Phi) is 5.30. The van der Waals surface area contributed by atoms with Crippen LogP contribution in [0.3, 0.4) is 0 Å². The third-order valence-corrected chi connectivity index (χ3v) is 6.26. The monoisotopic (exact) mass is 430 g/mol. The molecule has 0 N–H and O–H groups in total. The molecule has 5 rings (SSSR count). The van der Waals surface area contributed by atoms with Gasteiger partial charge >= 0.3 is 0 Å². The van der Waals surface area contributed by atoms with Crippen LogP contribution in [0.25, 0.3) is 22.0 Å². The Balaban J connectivity index is 1.50. The predicted molar refractivity (Wildman–Crippen MR) is 123 cm³/mol. The first-order chi connectivity index (χ1) is 15.2. The van der Waals surface area contributed by atoms with E-state index in [-0.39, 0.29) is 5.91 Å². The van der Waals surface area contributed by atoms with Crippen molar-refractivity contribution in [3.05, 3.63) is 76.6 Å². The van der Waals surface area contributed by atoms with Crippen molar-refractivity contribution in [1.82, 2.24) is 9.88 Å². The number of aromatic nitrogens is 1. The minimum absolute atomic E-state index is 0.103. The van der Waals surface area contributed by atoms with Gasteiger partial charge in [-0.3, -0.25) is 9.78 Å². The molecule has 0 spiro atoms. The van der Waals surface area contributed by atoms with E-state index in [2.05, 4.69) is 23.2 Å². The molecule has 0 atom stereocenters. The van der Waals surface area contributed by atoms with Crippen LogP contribution in [0.1, 0.15) is 11.1 Å². The molecule has 2 aromatic heterocycles. The van der Waals surface area contributed by atoms with Crippen LogP contribution < -0.4 is 9.47 Å². The lowest BCUT2D eigenvalue weighted by Gasteiger charge is -2.20. The van der Waals surface area contributed by atoms with Crippen molar-refractivity contribution in [3.63, 3.8) is 0 Å². The van der Waals surface area contributed by atoms with Crippen LogP contribution in [0.4, 0.5) is 0 Å². The molecular weight excluding hydrogens is 408 g/mol. The molecule has 1 aliphatic rings. The molecule has 5 nitrogen and oxygen atoms in total. The first-order valence-electron chi connectivity index (χ1n) is 10.2. The topological polar surface area (TPSA) is 51.7 Å². The highest BCUT2D eigenvalue weighted by molar-refractivity contribution is 7.08. The Labute approximate surface area is 184 Å². The molecule has 3 heterocycles. The van der Waals surface area contributed by atoms with Crippen molar-refractivity contribution < 1.29 is 14.3 Å². The van der Waals surface area contributed by atoms with E-state index in [9.17, 15) is 4.79 Å². The summed E-state index contributed by atoms with van der Waals surface area (Å²) in [5.41, 5.74) is 4.94. The van der Waals surface area contributed by atoms with Gasteiger partial charge in [0.25, 0.3) is 0 Å². The van der Waals surface area contributed by atoms with Crippen molar-refractivity contribution in [1.29, 1.82) is 0 Å². The molecule has 0 bridgehead atoms. The Bertz CT molecular complexity index is 1240. The highest BCUT2D eigenvalue weighted by Crippen LogP contribution is 2.38. The number of fused-ring (bicyclic) bond motifs is 2. The molecule has 6 heteroatoms. The van der Waals surface area contributed by atoms with Gasteiger partial charge in [-0.15, -0.1) is 0 Å². The normalized spacial score (nSPS) is 13.4. The second-order valence-corrected chi connectivity index (χ2v) is 8.34. The van der Waals surface area contributed by atoms with E-state index in [4.69, 9.17) is 9.47 Å². The van der Waals surface area contributed by atoms with Gasteiger partial charge in [-0.1, -0.05) is 18.2 Å². The smallest absolute Gasteiger partial charge is 0.227 e. The summed E-state index contributed by atoms with van der Waals surface area (Å²) >= 11 is 1.61. The largest absolute Gasteiger partial charge is 0.493 e. The molecule has 0 fully saturated rings. The lowest BCUT2D eigenvalue weighted by molar-refractivity contribution is -0.131. The fourth-order valence-electron chi connectivity index (χ4n) is 3.92. The van der Waals surface area contributed by atoms with E-state index in [1.54, 1.807) is 18.4 Å². The van der Waals surface area contributed by atoms with E-state index in [1.807, 2.05) is 52.2 Å². The third-order valence-electron chi connectivity index (χ3n) is 5.53. The van der Waals surface area contributed by atoms with Crippen LogP contribution in [0.2, 0.25) is 0 Å². The van der Waals surface area contributed by atoms with Gasteiger partial charge in [-0.2, -0.15) is 11.3 Å². The van der Waals surface area contributed by atoms with E-state index in [1.165, 1.54) is 0 Å². The Hall–Kier alpha value is -3.38. The number of amides is 1. The maximum absolute atomic E-state index is 12.9. The molecule has 0 radical (unpaired) electrons. The lowest BCUT2D eigenvalue weighted by Crippen LogP contribution is -2.33. The van der Waals surface area contributed by atoms with E-state index in [0.29, 0.717) is 37.6 Å². The summed E-state index contributed by atoms with van der Waals surface area (Å²) in [5.74, 6) is 1.49. The predicted octanol–water partition coefficient (Wildman–Crippen LogP) is 4.94. The van der Waals surface area contributed by atoms with Crippen LogP contribution in [0, 0.1) is 0 Å². The first-order valence-corrected chi connectivity index (χ1v) is 11.1. The van der Waals surface area contributed by atoms with Gasteiger partial charge in [0, 0.05) is 29.3 Å². The Morgan fingerprint density at radius 2 is 2.10 bits per heavy atom. The number of thiophene rings is 1. The molecule has 31 heavy (non-hydrogen) atoms. The number of hydrogen-bond donors (Lipinski definition) is 0. The van der Waals surface area contributed by atoms with Gasteiger partial charge < -0.3 is 14.4 Å². The van der Waals surface area contributed by atoms with Crippen LogP contribution in [0.5, 0.6) is 11.5 Å². The fraction of sp³-hybridized carbons (Fsp3) is 0.200. The maximum Gasteiger partial charge on any atom is 0.227 e. The number of hydrogen-bond acceptors (Lipinski definition) is 5. The van der Waals surface area contributed by atoms with Gasteiger partial charge in [0.2, 0.25) is 5.91 Å². The van der Waals surface area contributed by atoms with Crippen molar-refractivity contribution in [3.8, 4) is 22.6 Å². The zero-order valence-electron chi connectivity index (χ0n) is 17.2. The maximum atomic E-state index is 12.9. The van der Waals surface area contributed by atoms with Crippen LogP contribution in [0.15, 0.2) is 65.5 Å². The van der Waals surface area contributed by atoms with Crippen molar-refractivity contribution in [2.75, 3.05) is 20.3 Å². The molecule has 0 saturated carbocycles. The summed E-state index contributed by atoms with van der Waals surface area (Å²) in [6.45, 7) is 1.48. The molecular formula is C25H22N2O3S. The highest BCUT2D eigenvalue weighted by Gasteiger charge is 2.23. The lowest BCUT2D eigenvalue weighted by atomic mass is 10.0. The average Bonchev–Trinajstić information content (AvgIpc) is 3.21. The summed E-state index contributed by atoms with van der Waals surface area (Å²) in [4.78, 5) is 19.4. The third kappa shape index (κ3) is 3.99. The fourth-order valence-corrected chi connectivity index (χ4v) is 4.59. The number of methoxy groups -OCH3 is 1. The summed E-state index contributed by atoms with van der Waals surface area (Å²) in [6.07, 6.45) is 2.28. The number of rotatable bonds is 4. The number of carbonyl (C=O) groups is 1. The van der Waals surface area contributed by atoms with E-state index in [0.717, 1.165) is 33.2 Å². The number of para-hydroxylation sites is 1. The number of ether oxygens (including phenoxy) is 2. The van der Waals surface area contributed by atoms with Crippen molar-refractivity contribution >= 4 is 28.1 Å². The van der Waals surface area contributed by atoms with Crippen LogP contribution in [-0.2, 0) is 17.8 Å². The molecule has 1 aliphatic heterocycles. The summed E-state index contributed by atoms with van der Waals surface area (Å²) < 4.78 is 11.7. The average molecular weight is 431 g/mol. The minimum atomic E-state index is 0.103. The molecule has 0 unspecified atom stereocenters. The van der Waals surface area contributed by atoms with Crippen molar-refractivity contribution in [2.24, 2.45) is 0 Å². The molecule has 0 aliphatic carbocycles. The SMILES string of the molecule is COc1cc(-c2cnc3ccccc3c2)cc2c1OCCN(C(=O)Cc1ccsc1)C2. The minimum Gasteiger partial charge on any atom is -0.493 e. The molecule has 4 aromatic rings. The van der Waals surface area contributed by atoms with Gasteiger partial charge in [-0.25, -0.2) is 0 Å². The number of benzene rings is 2. The van der Waals surface area contributed by atoms with Crippen LogP contribution >= 0.6 is 11.3 Å². The van der Waals surface area contributed by atoms with Crippen molar-refractivity contribution in [2.45, 2.75) is 13.0 Å². The number of pyridine rings is 1. The molecule has 1 amide bonds. The Morgan fingerprint density at radius 1 is 1.19 bits per heavy atom. The number of nitrogens with zero attached hydrogens (tertiary/aromatic N) is 2. The summed E-state index contributed by atoms with van der Waals surface area (Å²) in [5, 5.41) is 5.10.